The van der Waals surface area contributed by atoms with Gasteiger partial charge in [0, 0.05) is 35.0 Å². The fourth-order valence-corrected chi connectivity index (χ4v) is 5.67. The van der Waals surface area contributed by atoms with Gasteiger partial charge in [0.2, 0.25) is 10.0 Å². The summed E-state index contributed by atoms with van der Waals surface area (Å²) in [5, 5.41) is 6.17. The van der Waals surface area contributed by atoms with Crippen LogP contribution >= 0.6 is 22.7 Å². The minimum absolute atomic E-state index is 0.0186. The van der Waals surface area contributed by atoms with Crippen molar-refractivity contribution in [2.24, 2.45) is 0 Å². The number of carbonyl (C=O) groups excluding carboxylic acids is 2. The third-order valence-electron chi connectivity index (χ3n) is 4.23. The predicted octanol–water partition coefficient (Wildman–Crippen LogP) is 2.98. The number of amides is 2. The maximum Gasteiger partial charge on any atom is 0.289 e. The van der Waals surface area contributed by atoms with Crippen molar-refractivity contribution < 1.29 is 18.0 Å². The van der Waals surface area contributed by atoms with Gasteiger partial charge in [-0.2, -0.15) is 15.6 Å². The molecule has 2 aromatic heterocycles. The van der Waals surface area contributed by atoms with Crippen LogP contribution in [0.2, 0.25) is 0 Å². The molecule has 0 atom stereocenters. The molecule has 2 N–H and O–H groups in total. The summed E-state index contributed by atoms with van der Waals surface area (Å²) < 4.78 is 26.6. The standard InChI is InChI=1S/C19H20N4O4S3/c1-3-23(4-2)30(26,27)15-7-5-6-13(10-15)17(24)21-22-18(25)16-12-29-19(20-16)14-8-9-28-11-14/h5-12H,3-4H2,1-2H3,(H,21,24)(H,22,25). The number of hydrazine groups is 1. The minimum Gasteiger partial charge on any atom is -0.267 e. The Morgan fingerprint density at radius 3 is 2.47 bits per heavy atom. The third-order valence-corrected chi connectivity index (χ3v) is 7.85. The summed E-state index contributed by atoms with van der Waals surface area (Å²) >= 11 is 2.86. The van der Waals surface area contributed by atoms with E-state index in [2.05, 4.69) is 15.8 Å². The van der Waals surface area contributed by atoms with Crippen LogP contribution in [-0.2, 0) is 10.0 Å². The molecule has 0 bridgehead atoms. The zero-order valence-electron chi connectivity index (χ0n) is 16.3. The van der Waals surface area contributed by atoms with Gasteiger partial charge < -0.3 is 0 Å². The molecule has 0 aliphatic carbocycles. The van der Waals surface area contributed by atoms with Crippen LogP contribution in [0, 0.1) is 0 Å². The quantitative estimate of drug-likeness (QED) is 0.523. The Kier molecular flexibility index (Phi) is 6.98. The van der Waals surface area contributed by atoms with E-state index < -0.39 is 21.8 Å². The molecule has 3 aromatic rings. The average molecular weight is 465 g/mol. The van der Waals surface area contributed by atoms with Crippen molar-refractivity contribution >= 4 is 44.5 Å². The number of rotatable bonds is 7. The Hall–Kier alpha value is -2.60. The smallest absolute Gasteiger partial charge is 0.267 e. The molecule has 30 heavy (non-hydrogen) atoms. The first-order valence-corrected chi connectivity index (χ1v) is 12.3. The highest BCUT2D eigenvalue weighted by Crippen LogP contribution is 2.25. The molecular weight excluding hydrogens is 444 g/mol. The van der Waals surface area contributed by atoms with E-state index in [0.717, 1.165) is 5.56 Å². The highest BCUT2D eigenvalue weighted by atomic mass is 32.2. The predicted molar refractivity (Wildman–Crippen MR) is 117 cm³/mol. The molecule has 2 amide bonds. The number of carbonyl (C=O) groups is 2. The highest BCUT2D eigenvalue weighted by Gasteiger charge is 2.22. The summed E-state index contributed by atoms with van der Waals surface area (Å²) in [6.07, 6.45) is 0. The lowest BCUT2D eigenvalue weighted by Crippen LogP contribution is -2.41. The van der Waals surface area contributed by atoms with Crippen LogP contribution in [0.4, 0.5) is 0 Å². The SMILES string of the molecule is CCN(CC)S(=O)(=O)c1cccc(C(=O)NNC(=O)c2csc(-c3ccsc3)n2)c1. The Bertz CT molecular complexity index is 1140. The highest BCUT2D eigenvalue weighted by molar-refractivity contribution is 7.89. The maximum absolute atomic E-state index is 12.6. The summed E-state index contributed by atoms with van der Waals surface area (Å²) in [7, 11) is -3.69. The van der Waals surface area contributed by atoms with Gasteiger partial charge in [0.15, 0.2) is 0 Å². The summed E-state index contributed by atoms with van der Waals surface area (Å²) in [6, 6.07) is 7.59. The molecule has 11 heteroatoms. The van der Waals surface area contributed by atoms with E-state index in [-0.39, 0.29) is 16.2 Å². The Morgan fingerprint density at radius 1 is 1.07 bits per heavy atom. The van der Waals surface area contributed by atoms with Crippen molar-refractivity contribution in [1.29, 1.82) is 0 Å². The van der Waals surface area contributed by atoms with Crippen LogP contribution in [0.3, 0.4) is 0 Å². The Balaban J connectivity index is 1.67. The van der Waals surface area contributed by atoms with Crippen LogP contribution in [0.1, 0.15) is 34.7 Å². The molecule has 0 fully saturated rings. The lowest BCUT2D eigenvalue weighted by Gasteiger charge is -2.18. The normalized spacial score (nSPS) is 11.4. The van der Waals surface area contributed by atoms with E-state index in [1.54, 1.807) is 19.2 Å². The zero-order valence-corrected chi connectivity index (χ0v) is 18.7. The second-order valence-corrected chi connectivity index (χ2v) is 9.65. The van der Waals surface area contributed by atoms with Crippen LogP contribution < -0.4 is 10.9 Å². The first kappa shape index (κ1) is 22.1. The number of nitrogens with one attached hydrogen (secondary N) is 2. The van der Waals surface area contributed by atoms with Crippen molar-refractivity contribution in [3.63, 3.8) is 0 Å². The molecule has 158 valence electrons. The largest absolute Gasteiger partial charge is 0.289 e. The van der Waals surface area contributed by atoms with E-state index in [9.17, 15) is 18.0 Å². The first-order valence-electron chi connectivity index (χ1n) is 9.05. The van der Waals surface area contributed by atoms with Crippen LogP contribution in [0.5, 0.6) is 0 Å². The topological polar surface area (TPSA) is 108 Å². The molecule has 8 nitrogen and oxygen atoms in total. The molecule has 2 heterocycles. The van der Waals surface area contributed by atoms with Gasteiger partial charge >= 0.3 is 0 Å². The molecule has 3 rings (SSSR count). The molecule has 0 aliphatic rings. The average Bonchev–Trinajstić information content (AvgIpc) is 3.44. The van der Waals surface area contributed by atoms with Crippen LogP contribution in [0.25, 0.3) is 10.6 Å². The molecular formula is C19H20N4O4S3. The molecule has 0 aliphatic heterocycles. The van der Waals surface area contributed by atoms with E-state index in [1.165, 1.54) is 51.2 Å². The maximum atomic E-state index is 12.6. The zero-order chi connectivity index (χ0) is 21.7. The second-order valence-electron chi connectivity index (χ2n) is 6.08. The number of hydrogen-bond donors (Lipinski definition) is 2. The number of benzene rings is 1. The number of hydrogen-bond acceptors (Lipinski definition) is 7. The lowest BCUT2D eigenvalue weighted by atomic mass is 10.2. The van der Waals surface area contributed by atoms with Gasteiger partial charge in [-0.3, -0.25) is 20.4 Å². The number of thiophene rings is 1. The molecule has 1 aromatic carbocycles. The van der Waals surface area contributed by atoms with E-state index in [1.807, 2.05) is 16.8 Å². The third kappa shape index (κ3) is 4.75. The first-order chi connectivity index (χ1) is 14.4. The molecule has 0 spiro atoms. The van der Waals surface area contributed by atoms with Crippen molar-refractivity contribution in [2.45, 2.75) is 18.7 Å². The molecule has 0 radical (unpaired) electrons. The summed E-state index contributed by atoms with van der Waals surface area (Å²) in [5.74, 6) is -1.19. The molecule has 0 unspecified atom stereocenters. The Morgan fingerprint density at radius 2 is 1.80 bits per heavy atom. The van der Waals surface area contributed by atoms with E-state index >= 15 is 0 Å². The van der Waals surface area contributed by atoms with Crippen molar-refractivity contribution in [3.8, 4) is 10.6 Å². The van der Waals surface area contributed by atoms with Gasteiger partial charge in [-0.25, -0.2) is 13.4 Å². The van der Waals surface area contributed by atoms with Crippen molar-refractivity contribution in [2.75, 3.05) is 13.1 Å². The molecule has 0 saturated carbocycles. The fraction of sp³-hybridized carbons (Fsp3) is 0.211. The summed E-state index contributed by atoms with van der Waals surface area (Å²) in [4.78, 5) is 29.0. The molecule has 0 saturated heterocycles. The number of nitrogens with zero attached hydrogens (tertiary/aromatic N) is 2. The Labute approximate surface area is 182 Å². The van der Waals surface area contributed by atoms with Gasteiger partial charge in [0.1, 0.15) is 10.7 Å². The van der Waals surface area contributed by atoms with Crippen molar-refractivity contribution in [3.05, 3.63) is 57.7 Å². The van der Waals surface area contributed by atoms with E-state index in [4.69, 9.17) is 0 Å². The van der Waals surface area contributed by atoms with Crippen LogP contribution in [-0.4, -0.2) is 42.6 Å². The van der Waals surface area contributed by atoms with Gasteiger partial charge in [0.05, 0.1) is 4.90 Å². The van der Waals surface area contributed by atoms with Gasteiger partial charge in [0.25, 0.3) is 11.8 Å². The van der Waals surface area contributed by atoms with Gasteiger partial charge in [-0.15, -0.1) is 11.3 Å². The number of thiazole rings is 1. The number of sulfonamides is 1. The van der Waals surface area contributed by atoms with E-state index in [0.29, 0.717) is 18.1 Å². The van der Waals surface area contributed by atoms with Gasteiger partial charge in [-0.1, -0.05) is 19.9 Å². The van der Waals surface area contributed by atoms with Crippen LogP contribution in [0.15, 0.2) is 51.4 Å². The van der Waals surface area contributed by atoms with Crippen molar-refractivity contribution in [1.82, 2.24) is 20.1 Å². The second kappa shape index (κ2) is 9.47. The minimum atomic E-state index is -3.69. The fourth-order valence-electron chi connectivity index (χ4n) is 2.66. The lowest BCUT2D eigenvalue weighted by molar-refractivity contribution is 0.0844. The summed E-state index contributed by atoms with van der Waals surface area (Å²) in [5.41, 5.74) is 5.83. The monoisotopic (exact) mass is 464 g/mol. The van der Waals surface area contributed by atoms with Gasteiger partial charge in [-0.05, 0) is 29.6 Å². The summed E-state index contributed by atoms with van der Waals surface area (Å²) in [6.45, 7) is 4.14. The number of aromatic nitrogens is 1.